The van der Waals surface area contributed by atoms with Crippen LogP contribution in [0.2, 0.25) is 5.02 Å². The first-order valence-corrected chi connectivity index (χ1v) is 9.88. The van der Waals surface area contributed by atoms with E-state index in [-0.39, 0.29) is 11.2 Å². The van der Waals surface area contributed by atoms with Crippen molar-refractivity contribution in [1.82, 2.24) is 9.62 Å². The quantitative estimate of drug-likeness (QED) is 0.880. The highest BCUT2D eigenvalue weighted by Gasteiger charge is 2.41. The number of benzene rings is 1. The third kappa shape index (κ3) is 3.87. The molecule has 0 spiro atoms. The average Bonchev–Trinajstić information content (AvgIpc) is 3.39. The summed E-state index contributed by atoms with van der Waals surface area (Å²) in [4.78, 5) is 12.1. The lowest BCUT2D eigenvalue weighted by atomic mass is 9.98. The normalized spacial score (nSPS) is 20.4. The van der Waals surface area contributed by atoms with Gasteiger partial charge < -0.3 is 5.32 Å². The fourth-order valence-electron chi connectivity index (χ4n) is 2.92. The number of sulfonamides is 1. The minimum absolute atomic E-state index is 0.140. The van der Waals surface area contributed by atoms with Crippen LogP contribution < -0.4 is 5.32 Å². The van der Waals surface area contributed by atoms with Gasteiger partial charge in [0.1, 0.15) is 0 Å². The number of carbonyl (C=O) groups is 1. The maximum atomic E-state index is 12.2. The molecule has 1 aromatic carbocycles. The number of rotatable bonds is 5. The molecule has 126 valence electrons. The molecule has 7 heteroatoms. The second-order valence-corrected chi connectivity index (χ2v) is 8.90. The van der Waals surface area contributed by atoms with E-state index in [9.17, 15) is 13.2 Å². The predicted molar refractivity (Wildman–Crippen MR) is 90.0 cm³/mol. The fraction of sp³-hybridized carbons (Fsp3) is 0.562. The monoisotopic (exact) mass is 356 g/mol. The number of hydrogen-bond donors (Lipinski definition) is 1. The zero-order valence-electron chi connectivity index (χ0n) is 12.9. The molecule has 2 aliphatic rings. The molecule has 1 aliphatic carbocycles. The first-order chi connectivity index (χ1) is 11.0. The van der Waals surface area contributed by atoms with Crippen molar-refractivity contribution in [2.24, 2.45) is 5.92 Å². The first-order valence-electron chi connectivity index (χ1n) is 8.00. The van der Waals surface area contributed by atoms with Crippen LogP contribution in [0.15, 0.2) is 24.3 Å². The molecular weight excluding hydrogens is 336 g/mol. The average molecular weight is 357 g/mol. The number of hydrogen-bond acceptors (Lipinski definition) is 3. The van der Waals surface area contributed by atoms with Crippen molar-refractivity contribution in [1.29, 1.82) is 0 Å². The molecule has 1 amide bonds. The van der Waals surface area contributed by atoms with Gasteiger partial charge in [-0.2, -0.15) is 0 Å². The van der Waals surface area contributed by atoms with Crippen molar-refractivity contribution < 1.29 is 13.2 Å². The standard InChI is InChI=1S/C16H21ClN2O3S/c17-15-4-2-1-3-14(15)16(20)18-11-12-7-9-19(10-8-12)23(21,22)13-5-6-13/h1-4,12-13H,5-11H2,(H,18,20). The van der Waals surface area contributed by atoms with Gasteiger partial charge in [0.25, 0.3) is 5.91 Å². The van der Waals surface area contributed by atoms with Crippen molar-refractivity contribution >= 4 is 27.5 Å². The van der Waals surface area contributed by atoms with Gasteiger partial charge >= 0.3 is 0 Å². The van der Waals surface area contributed by atoms with Gasteiger partial charge in [-0.05, 0) is 43.7 Å². The molecule has 3 rings (SSSR count). The Hall–Kier alpha value is -1.11. The van der Waals surface area contributed by atoms with Gasteiger partial charge in [-0.25, -0.2) is 12.7 Å². The molecule has 0 unspecified atom stereocenters. The molecule has 23 heavy (non-hydrogen) atoms. The predicted octanol–water partition coefficient (Wildman–Crippen LogP) is 2.27. The molecule has 1 saturated heterocycles. The summed E-state index contributed by atoms with van der Waals surface area (Å²) in [5.41, 5.74) is 0.475. The summed E-state index contributed by atoms with van der Waals surface area (Å²) in [5.74, 6) is 0.135. The van der Waals surface area contributed by atoms with Crippen molar-refractivity contribution in [3.63, 3.8) is 0 Å². The van der Waals surface area contributed by atoms with Gasteiger partial charge in [-0.3, -0.25) is 4.79 Å². The number of nitrogens with one attached hydrogen (secondary N) is 1. The second kappa shape index (κ2) is 6.79. The Morgan fingerprint density at radius 1 is 1.17 bits per heavy atom. The van der Waals surface area contributed by atoms with Crippen LogP contribution in [0.5, 0.6) is 0 Å². The van der Waals surface area contributed by atoms with E-state index < -0.39 is 10.0 Å². The van der Waals surface area contributed by atoms with E-state index in [2.05, 4.69) is 5.32 Å². The zero-order chi connectivity index (χ0) is 16.4. The van der Waals surface area contributed by atoms with E-state index in [0.717, 1.165) is 25.7 Å². The zero-order valence-corrected chi connectivity index (χ0v) is 14.4. The van der Waals surface area contributed by atoms with Gasteiger partial charge in [0.2, 0.25) is 10.0 Å². The number of nitrogens with zero attached hydrogens (tertiary/aromatic N) is 1. The molecule has 2 fully saturated rings. The maximum absolute atomic E-state index is 12.2. The van der Waals surface area contributed by atoms with E-state index in [1.54, 1.807) is 28.6 Å². The number of carbonyl (C=O) groups excluding carboxylic acids is 1. The van der Waals surface area contributed by atoms with Crippen molar-refractivity contribution in [2.75, 3.05) is 19.6 Å². The van der Waals surface area contributed by atoms with Crippen LogP contribution in [-0.2, 0) is 10.0 Å². The van der Waals surface area contributed by atoms with Crippen LogP contribution in [0.1, 0.15) is 36.0 Å². The minimum Gasteiger partial charge on any atom is -0.352 e. The van der Waals surface area contributed by atoms with Crippen molar-refractivity contribution in [3.8, 4) is 0 Å². The Bertz CT molecular complexity index is 680. The Morgan fingerprint density at radius 3 is 2.43 bits per heavy atom. The highest BCUT2D eigenvalue weighted by atomic mass is 35.5. The second-order valence-electron chi connectivity index (χ2n) is 6.28. The maximum Gasteiger partial charge on any atom is 0.252 e. The molecule has 0 atom stereocenters. The summed E-state index contributed by atoms with van der Waals surface area (Å²) in [5, 5.41) is 3.21. The summed E-state index contributed by atoms with van der Waals surface area (Å²) < 4.78 is 26.0. The first kappa shape index (κ1) is 16.7. The largest absolute Gasteiger partial charge is 0.352 e. The molecule has 1 aliphatic heterocycles. The third-order valence-corrected chi connectivity index (χ3v) is 7.28. The van der Waals surface area contributed by atoms with Gasteiger partial charge in [0.15, 0.2) is 0 Å². The Morgan fingerprint density at radius 2 is 1.83 bits per heavy atom. The molecule has 1 N–H and O–H groups in total. The van der Waals surface area contributed by atoms with Crippen molar-refractivity contribution in [3.05, 3.63) is 34.9 Å². The highest BCUT2D eigenvalue weighted by molar-refractivity contribution is 7.90. The third-order valence-electron chi connectivity index (χ3n) is 4.55. The van der Waals surface area contributed by atoms with Crippen LogP contribution >= 0.6 is 11.6 Å². The van der Waals surface area contributed by atoms with Crippen LogP contribution in [-0.4, -0.2) is 43.5 Å². The Balaban J connectivity index is 1.48. The Labute approximate surface area is 142 Å². The molecule has 5 nitrogen and oxygen atoms in total. The van der Waals surface area contributed by atoms with Crippen LogP contribution in [0.4, 0.5) is 0 Å². The molecular formula is C16H21ClN2O3S. The topological polar surface area (TPSA) is 66.5 Å². The number of piperidine rings is 1. The lowest BCUT2D eigenvalue weighted by Gasteiger charge is -2.31. The highest BCUT2D eigenvalue weighted by Crippen LogP contribution is 2.33. The summed E-state index contributed by atoms with van der Waals surface area (Å²) in [6, 6.07) is 6.96. The summed E-state index contributed by atoms with van der Waals surface area (Å²) in [6.07, 6.45) is 3.18. The van der Waals surface area contributed by atoms with Crippen LogP contribution in [0, 0.1) is 5.92 Å². The van der Waals surface area contributed by atoms with E-state index in [4.69, 9.17) is 11.6 Å². The Kier molecular flexibility index (Phi) is 4.94. The van der Waals surface area contributed by atoms with Gasteiger partial charge in [-0.1, -0.05) is 23.7 Å². The van der Waals surface area contributed by atoms with Crippen LogP contribution in [0.25, 0.3) is 0 Å². The van der Waals surface area contributed by atoms with Gasteiger partial charge in [-0.15, -0.1) is 0 Å². The molecule has 0 aromatic heterocycles. The van der Waals surface area contributed by atoms with E-state index >= 15 is 0 Å². The van der Waals surface area contributed by atoms with Crippen LogP contribution in [0.3, 0.4) is 0 Å². The summed E-state index contributed by atoms with van der Waals surface area (Å²) in [7, 11) is -3.06. The molecule has 1 heterocycles. The van der Waals surface area contributed by atoms with Crippen molar-refractivity contribution in [2.45, 2.75) is 30.9 Å². The lowest BCUT2D eigenvalue weighted by Crippen LogP contribution is -2.42. The summed E-state index contributed by atoms with van der Waals surface area (Å²) in [6.45, 7) is 1.68. The van der Waals surface area contributed by atoms with Gasteiger partial charge in [0.05, 0.1) is 15.8 Å². The molecule has 1 aromatic rings. The fourth-order valence-corrected chi connectivity index (χ4v) is 5.02. The lowest BCUT2D eigenvalue weighted by molar-refractivity contribution is 0.0941. The number of amides is 1. The number of halogens is 1. The van der Waals surface area contributed by atoms with E-state index in [0.29, 0.717) is 36.1 Å². The minimum atomic E-state index is -3.06. The molecule has 1 saturated carbocycles. The van der Waals surface area contributed by atoms with Gasteiger partial charge in [0, 0.05) is 19.6 Å². The molecule has 0 bridgehead atoms. The van der Waals surface area contributed by atoms with E-state index in [1.165, 1.54) is 0 Å². The SMILES string of the molecule is O=C(NCC1CCN(S(=O)(=O)C2CC2)CC1)c1ccccc1Cl. The summed E-state index contributed by atoms with van der Waals surface area (Å²) >= 11 is 6.01. The molecule has 0 radical (unpaired) electrons. The van der Waals surface area contributed by atoms with E-state index in [1.807, 2.05) is 0 Å². The smallest absolute Gasteiger partial charge is 0.252 e.